The molecule has 0 saturated heterocycles. The average molecular weight is 334 g/mol. The van der Waals surface area contributed by atoms with Crippen molar-refractivity contribution in [2.75, 3.05) is 13.2 Å². The number of carbonyl (C=O) groups excluding carboxylic acids is 1. The maximum Gasteiger partial charge on any atom is 0.248 e. The molecule has 1 atom stereocenters. The molecular formula is C18H20F2N2O2. The minimum absolute atomic E-state index is 0.0297. The molecule has 0 N–H and O–H groups in total. The molecule has 0 radical (unpaired) electrons. The number of imidazole rings is 1. The fourth-order valence-electron chi connectivity index (χ4n) is 3.02. The number of Topliss-reactive ketones (excluding diaryl/α,β-unsaturated/α-hetero) is 1. The van der Waals surface area contributed by atoms with Crippen molar-refractivity contribution in [3.05, 3.63) is 54.1 Å². The summed E-state index contributed by atoms with van der Waals surface area (Å²) >= 11 is 0. The molecule has 0 spiro atoms. The van der Waals surface area contributed by atoms with E-state index in [2.05, 4.69) is 4.98 Å². The summed E-state index contributed by atoms with van der Waals surface area (Å²) in [6.45, 7) is 2.07. The number of nitrogens with zero attached hydrogens (tertiary/aromatic N) is 2. The molecule has 1 aliphatic carbocycles. The fraction of sp³-hybridized carbons (Fsp3) is 0.444. The Bertz CT molecular complexity index is 692. The summed E-state index contributed by atoms with van der Waals surface area (Å²) in [5.74, 6) is -2.90. The Balaban J connectivity index is 1.57. The van der Waals surface area contributed by atoms with E-state index in [1.807, 2.05) is 37.3 Å². The quantitative estimate of drug-likeness (QED) is 0.725. The molecule has 1 aromatic heterocycles. The van der Waals surface area contributed by atoms with Gasteiger partial charge in [-0.1, -0.05) is 30.3 Å². The van der Waals surface area contributed by atoms with Crippen LogP contribution < -0.4 is 0 Å². The Morgan fingerprint density at radius 1 is 1.38 bits per heavy atom. The second-order valence-corrected chi connectivity index (χ2v) is 6.34. The molecular weight excluding hydrogens is 314 g/mol. The summed E-state index contributed by atoms with van der Waals surface area (Å²) in [7, 11) is 0. The van der Waals surface area contributed by atoms with Crippen LogP contribution in [-0.2, 0) is 4.74 Å². The SMILES string of the molecule is C[C@H](c1ccccc1)n1cncc1C(=O)COCC1CC(F)(F)C1. The van der Waals surface area contributed by atoms with Gasteiger partial charge >= 0.3 is 0 Å². The van der Waals surface area contributed by atoms with E-state index >= 15 is 0 Å². The Hall–Kier alpha value is -2.08. The monoisotopic (exact) mass is 334 g/mol. The van der Waals surface area contributed by atoms with E-state index in [1.54, 1.807) is 10.9 Å². The van der Waals surface area contributed by atoms with Crippen molar-refractivity contribution in [2.24, 2.45) is 5.92 Å². The summed E-state index contributed by atoms with van der Waals surface area (Å²) < 4.78 is 32.7. The molecule has 6 heteroatoms. The Morgan fingerprint density at radius 3 is 2.75 bits per heavy atom. The lowest BCUT2D eigenvalue weighted by Crippen LogP contribution is -2.38. The van der Waals surface area contributed by atoms with Crippen LogP contribution in [-0.4, -0.2) is 34.5 Å². The van der Waals surface area contributed by atoms with Crippen molar-refractivity contribution in [2.45, 2.75) is 31.7 Å². The first-order chi connectivity index (χ1) is 11.5. The van der Waals surface area contributed by atoms with Gasteiger partial charge in [-0.2, -0.15) is 0 Å². The highest BCUT2D eigenvalue weighted by atomic mass is 19.3. The van der Waals surface area contributed by atoms with Gasteiger partial charge in [0, 0.05) is 12.8 Å². The number of ether oxygens (including phenoxy) is 1. The van der Waals surface area contributed by atoms with Gasteiger partial charge in [0.05, 0.1) is 25.2 Å². The molecule has 0 bridgehead atoms. The minimum atomic E-state index is -2.55. The van der Waals surface area contributed by atoms with Crippen LogP contribution in [0.25, 0.3) is 0 Å². The molecule has 3 rings (SSSR count). The van der Waals surface area contributed by atoms with E-state index in [0.717, 1.165) is 5.56 Å². The number of aromatic nitrogens is 2. The standard InChI is InChI=1S/C18H20F2N2O2/c1-13(15-5-3-2-4-6-15)22-12-21-9-16(22)17(23)11-24-10-14-7-18(19,20)8-14/h2-6,9,12-14H,7-8,10-11H2,1H3/t13-/m1/s1. The number of hydrogen-bond donors (Lipinski definition) is 0. The first-order valence-electron chi connectivity index (χ1n) is 8.02. The number of halogens is 2. The predicted molar refractivity (Wildman–Crippen MR) is 85.3 cm³/mol. The van der Waals surface area contributed by atoms with E-state index in [0.29, 0.717) is 5.69 Å². The highest BCUT2D eigenvalue weighted by Gasteiger charge is 2.45. The Morgan fingerprint density at radius 2 is 2.08 bits per heavy atom. The Labute approximate surface area is 139 Å². The van der Waals surface area contributed by atoms with Crippen LogP contribution in [0.1, 0.15) is 41.9 Å². The van der Waals surface area contributed by atoms with Crippen molar-refractivity contribution in [3.8, 4) is 0 Å². The molecule has 1 aromatic carbocycles. The Kier molecular flexibility index (Phi) is 4.76. The molecule has 0 unspecified atom stereocenters. The van der Waals surface area contributed by atoms with Crippen LogP contribution in [0.4, 0.5) is 8.78 Å². The number of ketones is 1. The summed E-state index contributed by atoms with van der Waals surface area (Å²) in [6.07, 6.45) is 2.84. The molecule has 0 amide bonds. The smallest absolute Gasteiger partial charge is 0.248 e. The zero-order valence-electron chi connectivity index (χ0n) is 13.5. The minimum Gasteiger partial charge on any atom is -0.373 e. The number of carbonyl (C=O) groups is 1. The summed E-state index contributed by atoms with van der Waals surface area (Å²) in [5.41, 5.74) is 1.53. The van der Waals surface area contributed by atoms with Crippen molar-refractivity contribution in [3.63, 3.8) is 0 Å². The third-order valence-corrected chi connectivity index (χ3v) is 4.41. The number of rotatable bonds is 7. The van der Waals surface area contributed by atoms with Gasteiger partial charge in [-0.25, -0.2) is 13.8 Å². The van der Waals surface area contributed by atoms with Gasteiger partial charge in [-0.05, 0) is 18.4 Å². The summed E-state index contributed by atoms with van der Waals surface area (Å²) in [6, 6.07) is 9.79. The highest BCUT2D eigenvalue weighted by molar-refractivity contribution is 5.95. The number of hydrogen-bond acceptors (Lipinski definition) is 3. The van der Waals surface area contributed by atoms with Crippen LogP contribution in [0.3, 0.4) is 0 Å². The molecule has 1 saturated carbocycles. The third-order valence-electron chi connectivity index (χ3n) is 4.41. The van der Waals surface area contributed by atoms with Gasteiger partial charge in [0.1, 0.15) is 12.3 Å². The van der Waals surface area contributed by atoms with E-state index < -0.39 is 5.92 Å². The van der Waals surface area contributed by atoms with E-state index in [-0.39, 0.29) is 43.8 Å². The largest absolute Gasteiger partial charge is 0.373 e. The molecule has 0 aliphatic heterocycles. The van der Waals surface area contributed by atoms with E-state index in [4.69, 9.17) is 4.74 Å². The van der Waals surface area contributed by atoms with Gasteiger partial charge in [0.2, 0.25) is 11.7 Å². The zero-order valence-corrected chi connectivity index (χ0v) is 13.5. The fourth-order valence-corrected chi connectivity index (χ4v) is 3.02. The lowest BCUT2D eigenvalue weighted by Gasteiger charge is -2.34. The first kappa shape index (κ1) is 16.8. The van der Waals surface area contributed by atoms with Gasteiger partial charge in [0.25, 0.3) is 0 Å². The van der Waals surface area contributed by atoms with E-state index in [9.17, 15) is 13.6 Å². The summed E-state index contributed by atoms with van der Waals surface area (Å²) in [4.78, 5) is 16.4. The van der Waals surface area contributed by atoms with Crippen LogP contribution in [0.15, 0.2) is 42.9 Å². The zero-order chi connectivity index (χ0) is 17.2. The second kappa shape index (κ2) is 6.81. The maximum absolute atomic E-state index is 12.8. The van der Waals surface area contributed by atoms with Gasteiger partial charge in [-0.15, -0.1) is 0 Å². The lowest BCUT2D eigenvalue weighted by molar-refractivity contribution is -0.126. The normalized spacial score (nSPS) is 18.1. The van der Waals surface area contributed by atoms with Gasteiger partial charge < -0.3 is 9.30 Å². The second-order valence-electron chi connectivity index (χ2n) is 6.34. The predicted octanol–water partition coefficient (Wildman–Crippen LogP) is 3.74. The molecule has 128 valence electrons. The third kappa shape index (κ3) is 3.70. The van der Waals surface area contributed by atoms with Crippen molar-refractivity contribution >= 4 is 5.78 Å². The average Bonchev–Trinajstić information content (AvgIpc) is 3.02. The lowest BCUT2D eigenvalue weighted by atomic mass is 9.82. The van der Waals surface area contributed by atoms with Crippen LogP contribution in [0, 0.1) is 5.92 Å². The number of alkyl halides is 2. The number of benzene rings is 1. The van der Waals surface area contributed by atoms with Crippen LogP contribution >= 0.6 is 0 Å². The van der Waals surface area contributed by atoms with Crippen molar-refractivity contribution in [1.29, 1.82) is 0 Å². The van der Waals surface area contributed by atoms with Crippen LogP contribution in [0.5, 0.6) is 0 Å². The maximum atomic E-state index is 12.8. The highest BCUT2D eigenvalue weighted by Crippen LogP contribution is 2.42. The molecule has 1 fully saturated rings. The summed E-state index contributed by atoms with van der Waals surface area (Å²) in [5, 5.41) is 0. The van der Waals surface area contributed by atoms with E-state index in [1.165, 1.54) is 6.20 Å². The van der Waals surface area contributed by atoms with Crippen LogP contribution in [0.2, 0.25) is 0 Å². The molecule has 1 heterocycles. The van der Waals surface area contributed by atoms with Crippen molar-refractivity contribution in [1.82, 2.24) is 9.55 Å². The van der Waals surface area contributed by atoms with Crippen molar-refractivity contribution < 1.29 is 18.3 Å². The molecule has 4 nitrogen and oxygen atoms in total. The first-order valence-corrected chi connectivity index (χ1v) is 8.02. The molecule has 1 aliphatic rings. The topological polar surface area (TPSA) is 44.1 Å². The molecule has 24 heavy (non-hydrogen) atoms. The van der Waals surface area contributed by atoms with Gasteiger partial charge in [-0.3, -0.25) is 4.79 Å². The van der Waals surface area contributed by atoms with Gasteiger partial charge in [0.15, 0.2) is 0 Å². The molecule has 2 aromatic rings.